The molecule has 51 valence electrons. The molecule has 0 amide bonds. The standard InChI is InChI=1S/C6H10NO2/c1(5-3-8-5)7-2-6-4-9-6/h1,5-7H,2-4H2. The van der Waals surface area contributed by atoms with Gasteiger partial charge in [0.05, 0.1) is 32.0 Å². The molecule has 2 fully saturated rings. The highest BCUT2D eigenvalue weighted by Crippen LogP contribution is 2.11. The molecule has 2 heterocycles. The van der Waals surface area contributed by atoms with Gasteiger partial charge in [-0.1, -0.05) is 0 Å². The molecule has 2 aliphatic rings. The molecule has 0 aliphatic carbocycles. The summed E-state index contributed by atoms with van der Waals surface area (Å²) >= 11 is 0. The highest BCUT2D eigenvalue weighted by Gasteiger charge is 2.25. The Balaban J connectivity index is 1.46. The van der Waals surface area contributed by atoms with Crippen LogP contribution >= 0.6 is 0 Å². The molecule has 2 aliphatic heterocycles. The summed E-state index contributed by atoms with van der Waals surface area (Å²) < 4.78 is 9.94. The van der Waals surface area contributed by atoms with Crippen LogP contribution in [0.15, 0.2) is 0 Å². The third-order valence-corrected chi connectivity index (χ3v) is 1.41. The summed E-state index contributed by atoms with van der Waals surface area (Å²) in [4.78, 5) is 0. The van der Waals surface area contributed by atoms with Gasteiger partial charge in [-0.2, -0.15) is 0 Å². The van der Waals surface area contributed by atoms with Gasteiger partial charge in [-0.15, -0.1) is 0 Å². The maximum atomic E-state index is 4.99. The Kier molecular flexibility index (Phi) is 1.41. The van der Waals surface area contributed by atoms with Gasteiger partial charge < -0.3 is 14.8 Å². The lowest BCUT2D eigenvalue weighted by Crippen LogP contribution is -2.19. The van der Waals surface area contributed by atoms with Crippen LogP contribution in [0.3, 0.4) is 0 Å². The van der Waals surface area contributed by atoms with Gasteiger partial charge in [-0.25, -0.2) is 0 Å². The summed E-state index contributed by atoms with van der Waals surface area (Å²) in [5.74, 6) is 0. The van der Waals surface area contributed by atoms with Gasteiger partial charge in [0.25, 0.3) is 0 Å². The Labute approximate surface area is 54.3 Å². The molecule has 0 aromatic heterocycles. The van der Waals surface area contributed by atoms with E-state index in [-0.39, 0.29) is 0 Å². The number of epoxide rings is 2. The van der Waals surface area contributed by atoms with Crippen molar-refractivity contribution >= 4 is 0 Å². The van der Waals surface area contributed by atoms with Crippen LogP contribution in [0.4, 0.5) is 0 Å². The van der Waals surface area contributed by atoms with Crippen LogP contribution in [-0.4, -0.2) is 32.0 Å². The molecule has 1 N–H and O–H groups in total. The van der Waals surface area contributed by atoms with Gasteiger partial charge in [-0.3, -0.25) is 0 Å². The molecular weight excluding hydrogens is 118 g/mol. The van der Waals surface area contributed by atoms with Gasteiger partial charge in [0, 0.05) is 6.54 Å². The summed E-state index contributed by atoms with van der Waals surface area (Å²) in [5.41, 5.74) is 0. The number of hydrogen-bond acceptors (Lipinski definition) is 3. The number of ether oxygens (including phenoxy) is 2. The fourth-order valence-electron chi connectivity index (χ4n) is 0.669. The zero-order chi connectivity index (χ0) is 6.10. The van der Waals surface area contributed by atoms with Crippen LogP contribution in [0.1, 0.15) is 0 Å². The van der Waals surface area contributed by atoms with Crippen molar-refractivity contribution in [1.82, 2.24) is 5.32 Å². The third-order valence-electron chi connectivity index (χ3n) is 1.41. The normalized spacial score (nSPS) is 38.7. The molecule has 2 atom stereocenters. The van der Waals surface area contributed by atoms with Crippen molar-refractivity contribution in [3.8, 4) is 0 Å². The fraction of sp³-hybridized carbons (Fsp3) is 0.833. The van der Waals surface area contributed by atoms with Gasteiger partial charge in [0.15, 0.2) is 0 Å². The Morgan fingerprint density at radius 2 is 2.22 bits per heavy atom. The second-order valence-corrected chi connectivity index (χ2v) is 2.40. The third kappa shape index (κ3) is 1.93. The summed E-state index contributed by atoms with van der Waals surface area (Å²) in [6.45, 7) is 4.74. The molecular formula is C6H10NO2. The number of nitrogens with one attached hydrogen (secondary N) is 1. The van der Waals surface area contributed by atoms with Crippen molar-refractivity contribution < 1.29 is 9.47 Å². The van der Waals surface area contributed by atoms with Crippen LogP contribution in [0.2, 0.25) is 0 Å². The Hall–Kier alpha value is -0.120. The quantitative estimate of drug-likeness (QED) is 0.520. The lowest BCUT2D eigenvalue weighted by atomic mass is 10.4. The van der Waals surface area contributed by atoms with Crippen LogP contribution in [0.5, 0.6) is 0 Å². The van der Waals surface area contributed by atoms with E-state index in [0.717, 1.165) is 19.8 Å². The number of rotatable bonds is 4. The largest absolute Gasteiger partial charge is 0.372 e. The first-order valence-electron chi connectivity index (χ1n) is 3.25. The van der Waals surface area contributed by atoms with E-state index in [4.69, 9.17) is 9.47 Å². The molecule has 0 saturated carbocycles. The first-order chi connectivity index (χ1) is 4.45. The second-order valence-electron chi connectivity index (χ2n) is 2.40. The minimum Gasteiger partial charge on any atom is -0.372 e. The van der Waals surface area contributed by atoms with Crippen LogP contribution < -0.4 is 5.32 Å². The van der Waals surface area contributed by atoms with Crippen molar-refractivity contribution in [2.45, 2.75) is 12.2 Å². The van der Waals surface area contributed by atoms with E-state index in [1.165, 1.54) is 0 Å². The Bertz CT molecular complexity index is 87.2. The van der Waals surface area contributed by atoms with Gasteiger partial charge in [-0.05, 0) is 0 Å². The maximum absolute atomic E-state index is 4.99. The Morgan fingerprint density at radius 1 is 1.44 bits per heavy atom. The highest BCUT2D eigenvalue weighted by atomic mass is 16.6. The van der Waals surface area contributed by atoms with Crippen molar-refractivity contribution in [2.24, 2.45) is 0 Å². The first-order valence-corrected chi connectivity index (χ1v) is 3.25. The zero-order valence-corrected chi connectivity index (χ0v) is 5.17. The van der Waals surface area contributed by atoms with Gasteiger partial charge in [0.2, 0.25) is 0 Å². The molecule has 0 aromatic carbocycles. The molecule has 2 unspecified atom stereocenters. The van der Waals surface area contributed by atoms with Gasteiger partial charge >= 0.3 is 0 Å². The number of hydrogen-bond donors (Lipinski definition) is 1. The molecule has 3 heteroatoms. The summed E-state index contributed by atoms with van der Waals surface area (Å²) in [6.07, 6.45) is 0.851. The predicted molar refractivity (Wildman–Crippen MR) is 31.8 cm³/mol. The SMILES string of the molecule is [CH](NCC1CO1)C1CO1. The zero-order valence-electron chi connectivity index (χ0n) is 5.17. The van der Waals surface area contributed by atoms with Crippen molar-refractivity contribution in [3.05, 3.63) is 6.54 Å². The minimum absolute atomic E-state index is 0.378. The molecule has 0 aromatic rings. The van der Waals surface area contributed by atoms with Crippen LogP contribution in [-0.2, 0) is 9.47 Å². The van der Waals surface area contributed by atoms with Crippen molar-refractivity contribution in [3.63, 3.8) is 0 Å². The molecule has 2 saturated heterocycles. The van der Waals surface area contributed by atoms with E-state index in [2.05, 4.69) is 5.32 Å². The molecule has 0 bridgehead atoms. The lowest BCUT2D eigenvalue weighted by molar-refractivity contribution is 0.390. The minimum atomic E-state index is 0.378. The van der Waals surface area contributed by atoms with Crippen LogP contribution in [0.25, 0.3) is 0 Å². The van der Waals surface area contributed by atoms with E-state index in [1.54, 1.807) is 0 Å². The lowest BCUT2D eigenvalue weighted by Gasteiger charge is -1.94. The monoisotopic (exact) mass is 128 g/mol. The fourth-order valence-corrected chi connectivity index (χ4v) is 0.669. The summed E-state index contributed by atoms with van der Waals surface area (Å²) in [6, 6.07) is 0. The molecule has 9 heavy (non-hydrogen) atoms. The summed E-state index contributed by atoms with van der Waals surface area (Å²) in [5, 5.41) is 3.13. The van der Waals surface area contributed by atoms with E-state index >= 15 is 0 Å². The van der Waals surface area contributed by atoms with Crippen molar-refractivity contribution in [2.75, 3.05) is 19.8 Å². The van der Waals surface area contributed by atoms with E-state index in [1.807, 2.05) is 6.54 Å². The smallest absolute Gasteiger partial charge is 0.0978 e. The molecule has 2 rings (SSSR count). The van der Waals surface area contributed by atoms with Gasteiger partial charge in [0.1, 0.15) is 0 Å². The molecule has 1 radical (unpaired) electrons. The van der Waals surface area contributed by atoms with Crippen LogP contribution in [0, 0.1) is 6.54 Å². The first kappa shape index (κ1) is 5.65. The topological polar surface area (TPSA) is 37.1 Å². The molecule has 0 spiro atoms. The van der Waals surface area contributed by atoms with E-state index < -0.39 is 0 Å². The van der Waals surface area contributed by atoms with Crippen molar-refractivity contribution in [1.29, 1.82) is 0 Å². The highest BCUT2D eigenvalue weighted by molar-refractivity contribution is 4.85. The van der Waals surface area contributed by atoms with E-state index in [0.29, 0.717) is 12.2 Å². The molecule has 3 nitrogen and oxygen atoms in total. The predicted octanol–water partition coefficient (Wildman–Crippen LogP) is -0.465. The average molecular weight is 128 g/mol. The average Bonchev–Trinajstić information content (AvgIpc) is 2.57. The second kappa shape index (κ2) is 2.25. The van der Waals surface area contributed by atoms with E-state index in [9.17, 15) is 0 Å². The summed E-state index contributed by atoms with van der Waals surface area (Å²) in [7, 11) is 0. The maximum Gasteiger partial charge on any atom is 0.0978 e. The Morgan fingerprint density at radius 3 is 2.78 bits per heavy atom.